The Morgan fingerprint density at radius 2 is 2.05 bits per heavy atom. The van der Waals surface area contributed by atoms with Gasteiger partial charge in [-0.05, 0) is 39.7 Å². The molecule has 0 spiro atoms. The molecule has 0 bridgehead atoms. The maximum absolute atomic E-state index is 11.9. The Balaban J connectivity index is 2.03. The Morgan fingerprint density at radius 1 is 1.37 bits per heavy atom. The summed E-state index contributed by atoms with van der Waals surface area (Å²) in [5.74, 6) is 0.0969. The number of ether oxygens (including phenoxy) is 1. The molecule has 0 aromatic carbocycles. The highest BCUT2D eigenvalue weighted by Gasteiger charge is 2.20. The SMILES string of the molecule is CC(C)(C)OC(=O)c1ccnc(NC2CCCC2)n1. The fourth-order valence-electron chi connectivity index (χ4n) is 2.13. The molecule has 1 heterocycles. The van der Waals surface area contributed by atoms with E-state index >= 15 is 0 Å². The predicted molar refractivity (Wildman–Crippen MR) is 73.1 cm³/mol. The van der Waals surface area contributed by atoms with Gasteiger partial charge in [0.2, 0.25) is 5.95 Å². The van der Waals surface area contributed by atoms with Crippen LogP contribution in [0.2, 0.25) is 0 Å². The first-order chi connectivity index (χ1) is 8.94. The molecule has 0 radical (unpaired) electrons. The van der Waals surface area contributed by atoms with Crippen molar-refractivity contribution in [1.29, 1.82) is 0 Å². The maximum Gasteiger partial charge on any atom is 0.357 e. The number of esters is 1. The highest BCUT2D eigenvalue weighted by Crippen LogP contribution is 2.20. The smallest absolute Gasteiger partial charge is 0.357 e. The van der Waals surface area contributed by atoms with E-state index < -0.39 is 11.6 Å². The maximum atomic E-state index is 11.9. The normalized spacial score (nSPS) is 16.4. The fraction of sp³-hybridized carbons (Fsp3) is 0.643. The van der Waals surface area contributed by atoms with E-state index in [0.29, 0.717) is 17.7 Å². The van der Waals surface area contributed by atoms with Crippen molar-refractivity contribution in [3.63, 3.8) is 0 Å². The zero-order valence-electron chi connectivity index (χ0n) is 11.8. The second-order valence-corrected chi connectivity index (χ2v) is 5.89. The van der Waals surface area contributed by atoms with Crippen LogP contribution in [-0.2, 0) is 4.74 Å². The van der Waals surface area contributed by atoms with Gasteiger partial charge in [-0.1, -0.05) is 12.8 Å². The molecule has 0 unspecified atom stereocenters. The summed E-state index contributed by atoms with van der Waals surface area (Å²) in [5, 5.41) is 3.27. The van der Waals surface area contributed by atoms with Crippen molar-refractivity contribution in [3.05, 3.63) is 18.0 Å². The number of aromatic nitrogens is 2. The zero-order chi connectivity index (χ0) is 13.9. The van der Waals surface area contributed by atoms with Gasteiger partial charge in [-0.15, -0.1) is 0 Å². The van der Waals surface area contributed by atoms with Gasteiger partial charge in [-0.3, -0.25) is 0 Å². The lowest BCUT2D eigenvalue weighted by molar-refractivity contribution is 0.00628. The summed E-state index contributed by atoms with van der Waals surface area (Å²) in [5.41, 5.74) is -0.216. The fourth-order valence-corrected chi connectivity index (χ4v) is 2.13. The van der Waals surface area contributed by atoms with Crippen LogP contribution in [0.1, 0.15) is 56.9 Å². The van der Waals surface area contributed by atoms with Crippen LogP contribution in [0.15, 0.2) is 12.3 Å². The molecule has 19 heavy (non-hydrogen) atoms. The molecule has 0 atom stereocenters. The summed E-state index contributed by atoms with van der Waals surface area (Å²) in [6, 6.07) is 2.00. The predicted octanol–water partition coefficient (Wildman–Crippen LogP) is 2.79. The summed E-state index contributed by atoms with van der Waals surface area (Å²) < 4.78 is 5.29. The van der Waals surface area contributed by atoms with E-state index in [1.165, 1.54) is 12.8 Å². The van der Waals surface area contributed by atoms with Crippen molar-refractivity contribution in [1.82, 2.24) is 9.97 Å². The minimum Gasteiger partial charge on any atom is -0.455 e. The molecule has 1 aliphatic carbocycles. The Labute approximate surface area is 113 Å². The minimum absolute atomic E-state index is 0.297. The number of carbonyl (C=O) groups is 1. The van der Waals surface area contributed by atoms with Crippen LogP contribution >= 0.6 is 0 Å². The molecule has 5 nitrogen and oxygen atoms in total. The largest absolute Gasteiger partial charge is 0.455 e. The molecule has 5 heteroatoms. The van der Waals surface area contributed by atoms with E-state index in [4.69, 9.17) is 4.74 Å². The average molecular weight is 263 g/mol. The van der Waals surface area contributed by atoms with Crippen LogP contribution in [0.4, 0.5) is 5.95 Å². The Hall–Kier alpha value is -1.65. The first-order valence-electron chi connectivity index (χ1n) is 6.77. The molecule has 1 aliphatic rings. The van der Waals surface area contributed by atoms with Crippen molar-refractivity contribution in [2.75, 3.05) is 5.32 Å². The second-order valence-electron chi connectivity index (χ2n) is 5.89. The van der Waals surface area contributed by atoms with E-state index in [1.807, 2.05) is 20.8 Å². The highest BCUT2D eigenvalue weighted by molar-refractivity contribution is 5.87. The minimum atomic E-state index is -0.513. The molecular formula is C14H21N3O2. The van der Waals surface area contributed by atoms with Gasteiger partial charge >= 0.3 is 5.97 Å². The van der Waals surface area contributed by atoms with Crippen molar-refractivity contribution >= 4 is 11.9 Å². The number of rotatable bonds is 3. The Kier molecular flexibility index (Phi) is 4.02. The molecule has 1 N–H and O–H groups in total. The number of anilines is 1. The summed E-state index contributed by atoms with van der Waals surface area (Å²) in [4.78, 5) is 20.3. The van der Waals surface area contributed by atoms with Crippen molar-refractivity contribution < 1.29 is 9.53 Å². The third-order valence-electron chi connectivity index (χ3n) is 2.95. The van der Waals surface area contributed by atoms with E-state index in [9.17, 15) is 4.79 Å². The van der Waals surface area contributed by atoms with Crippen molar-refractivity contribution in [3.8, 4) is 0 Å². The lowest BCUT2D eigenvalue weighted by atomic mass is 10.2. The van der Waals surface area contributed by atoms with Gasteiger partial charge in [0.1, 0.15) is 5.60 Å². The van der Waals surface area contributed by atoms with Gasteiger partial charge in [0.05, 0.1) is 0 Å². The van der Waals surface area contributed by atoms with E-state index in [1.54, 1.807) is 12.3 Å². The Morgan fingerprint density at radius 3 is 2.68 bits per heavy atom. The Bertz CT molecular complexity index is 448. The number of hydrogen-bond donors (Lipinski definition) is 1. The number of nitrogens with zero attached hydrogens (tertiary/aromatic N) is 2. The second kappa shape index (κ2) is 5.55. The topological polar surface area (TPSA) is 64.1 Å². The van der Waals surface area contributed by atoms with Gasteiger partial charge in [0.25, 0.3) is 0 Å². The lowest BCUT2D eigenvalue weighted by Gasteiger charge is -2.19. The third-order valence-corrected chi connectivity index (χ3v) is 2.95. The number of carbonyl (C=O) groups excluding carboxylic acids is 1. The average Bonchev–Trinajstić information content (AvgIpc) is 2.80. The molecule has 1 aromatic heterocycles. The molecule has 1 saturated carbocycles. The van der Waals surface area contributed by atoms with Gasteiger partial charge in [0.15, 0.2) is 5.69 Å². The molecule has 1 fully saturated rings. The molecule has 104 valence electrons. The number of nitrogens with one attached hydrogen (secondary N) is 1. The van der Waals surface area contributed by atoms with Crippen molar-refractivity contribution in [2.45, 2.75) is 58.1 Å². The zero-order valence-corrected chi connectivity index (χ0v) is 11.8. The van der Waals surface area contributed by atoms with Crippen LogP contribution < -0.4 is 5.32 Å². The molecule has 1 aromatic rings. The van der Waals surface area contributed by atoms with Crippen LogP contribution in [-0.4, -0.2) is 27.6 Å². The summed E-state index contributed by atoms with van der Waals surface area (Å²) >= 11 is 0. The van der Waals surface area contributed by atoms with Gasteiger partial charge in [-0.2, -0.15) is 0 Å². The first-order valence-corrected chi connectivity index (χ1v) is 6.77. The quantitative estimate of drug-likeness (QED) is 0.849. The van der Waals surface area contributed by atoms with Gasteiger partial charge in [0, 0.05) is 12.2 Å². The molecular weight excluding hydrogens is 242 g/mol. The summed E-state index contributed by atoms with van der Waals surface area (Å²) in [6.45, 7) is 5.51. The third kappa shape index (κ3) is 4.19. The van der Waals surface area contributed by atoms with Crippen LogP contribution in [0.5, 0.6) is 0 Å². The van der Waals surface area contributed by atoms with Crippen LogP contribution in [0.25, 0.3) is 0 Å². The lowest BCUT2D eigenvalue weighted by Crippen LogP contribution is -2.25. The van der Waals surface area contributed by atoms with Gasteiger partial charge in [-0.25, -0.2) is 14.8 Å². The molecule has 2 rings (SSSR count). The monoisotopic (exact) mass is 263 g/mol. The van der Waals surface area contributed by atoms with E-state index in [0.717, 1.165) is 12.8 Å². The highest BCUT2D eigenvalue weighted by atomic mass is 16.6. The summed E-state index contributed by atoms with van der Waals surface area (Å²) in [7, 11) is 0. The number of hydrogen-bond acceptors (Lipinski definition) is 5. The summed E-state index contributed by atoms with van der Waals surface area (Å²) in [6.07, 6.45) is 6.34. The van der Waals surface area contributed by atoms with Crippen LogP contribution in [0, 0.1) is 0 Å². The molecule has 0 aliphatic heterocycles. The first kappa shape index (κ1) is 13.8. The van der Waals surface area contributed by atoms with Crippen LogP contribution in [0.3, 0.4) is 0 Å². The van der Waals surface area contributed by atoms with E-state index in [2.05, 4.69) is 15.3 Å². The van der Waals surface area contributed by atoms with Gasteiger partial charge < -0.3 is 10.1 Å². The van der Waals surface area contributed by atoms with E-state index in [-0.39, 0.29) is 0 Å². The molecule has 0 amide bonds. The standard InChI is InChI=1S/C14H21N3O2/c1-14(2,3)19-12(18)11-8-9-15-13(17-11)16-10-6-4-5-7-10/h8-10H,4-7H2,1-3H3,(H,15,16,17). The molecule has 0 saturated heterocycles. The van der Waals surface area contributed by atoms with Crippen molar-refractivity contribution in [2.24, 2.45) is 0 Å².